The normalized spacial score (nSPS) is 19.2. The van der Waals surface area contributed by atoms with E-state index in [1.165, 1.54) is 5.56 Å². The van der Waals surface area contributed by atoms with Crippen LogP contribution in [0.25, 0.3) is 0 Å². The smallest absolute Gasteiger partial charge is 0.251 e. The number of nitrogens with zero attached hydrogens (tertiary/aromatic N) is 1. The lowest BCUT2D eigenvalue weighted by molar-refractivity contribution is 0.0925. The van der Waals surface area contributed by atoms with Crippen molar-refractivity contribution in [2.24, 2.45) is 5.92 Å². The van der Waals surface area contributed by atoms with Crippen molar-refractivity contribution < 1.29 is 14.6 Å². The van der Waals surface area contributed by atoms with Crippen LogP contribution in [-0.4, -0.2) is 40.9 Å². The maximum Gasteiger partial charge on any atom is 0.251 e. The number of carbonyl (C=O) groups is 1. The average Bonchev–Trinajstić information content (AvgIpc) is 3.07. The summed E-state index contributed by atoms with van der Waals surface area (Å²) in [7, 11) is 0. The zero-order valence-electron chi connectivity index (χ0n) is 15.6. The fourth-order valence-electron chi connectivity index (χ4n) is 3.00. The third kappa shape index (κ3) is 5.65. The molecule has 1 aliphatic rings. The Morgan fingerprint density at radius 3 is 2.81 bits per heavy atom. The van der Waals surface area contributed by atoms with Crippen LogP contribution in [0.5, 0.6) is 0 Å². The molecule has 5 heteroatoms. The number of pyridine rings is 1. The van der Waals surface area contributed by atoms with Crippen molar-refractivity contribution in [1.29, 1.82) is 0 Å². The number of ether oxygens (including phenoxy) is 1. The Balaban J connectivity index is 1.66. The van der Waals surface area contributed by atoms with Crippen LogP contribution in [0.15, 0.2) is 48.8 Å². The molecule has 0 aliphatic carbocycles. The Kier molecular flexibility index (Phi) is 5.90. The van der Waals surface area contributed by atoms with Crippen molar-refractivity contribution >= 4 is 5.91 Å². The Labute approximate surface area is 159 Å². The molecule has 140 valence electrons. The molecule has 1 amide bonds. The summed E-state index contributed by atoms with van der Waals surface area (Å²) in [6, 6.07) is 11.1. The predicted molar refractivity (Wildman–Crippen MR) is 103 cm³/mol. The lowest BCUT2D eigenvalue weighted by Gasteiger charge is -2.19. The molecule has 1 fully saturated rings. The van der Waals surface area contributed by atoms with Crippen molar-refractivity contribution in [2.45, 2.75) is 31.9 Å². The summed E-state index contributed by atoms with van der Waals surface area (Å²) in [6.45, 7) is 4.39. The minimum absolute atomic E-state index is 0.0308. The molecule has 2 aromatic rings. The number of aromatic nitrogens is 1. The van der Waals surface area contributed by atoms with Crippen LogP contribution in [0.3, 0.4) is 0 Å². The van der Waals surface area contributed by atoms with Gasteiger partial charge in [-0.15, -0.1) is 0 Å². The molecular formula is C22H24N2O3. The van der Waals surface area contributed by atoms with Gasteiger partial charge in [0.2, 0.25) is 0 Å². The molecule has 2 atom stereocenters. The van der Waals surface area contributed by atoms with Gasteiger partial charge in [0.1, 0.15) is 5.60 Å². The molecule has 1 saturated heterocycles. The second-order valence-corrected chi connectivity index (χ2v) is 7.33. The minimum atomic E-state index is -1.07. The number of nitrogens with one attached hydrogen (secondary N) is 1. The van der Waals surface area contributed by atoms with Crippen molar-refractivity contribution in [2.75, 3.05) is 13.2 Å². The largest absolute Gasteiger partial charge is 0.379 e. The minimum Gasteiger partial charge on any atom is -0.379 e. The first-order valence-corrected chi connectivity index (χ1v) is 9.04. The standard InChI is InChI=1S/C22H24N2O3/c1-22(2,26)9-6-16-4-3-5-18(12-16)21(25)24-20-15-27-14-19(20)13-17-7-10-23-11-8-17/h3-5,7-8,10-12,19-20,26H,13-15H2,1-2H3,(H,24,25)/t19-,20-/m1/s1. The third-order valence-electron chi connectivity index (χ3n) is 4.40. The molecule has 27 heavy (non-hydrogen) atoms. The highest BCUT2D eigenvalue weighted by Crippen LogP contribution is 2.19. The molecule has 0 radical (unpaired) electrons. The first kappa shape index (κ1) is 19.1. The number of benzene rings is 1. The summed E-state index contributed by atoms with van der Waals surface area (Å²) in [5.41, 5.74) is 1.36. The summed E-state index contributed by atoms with van der Waals surface area (Å²) in [5.74, 6) is 5.75. The lowest BCUT2D eigenvalue weighted by Crippen LogP contribution is -2.40. The van der Waals surface area contributed by atoms with Crippen LogP contribution in [0.1, 0.15) is 35.3 Å². The van der Waals surface area contributed by atoms with Crippen LogP contribution >= 0.6 is 0 Å². The van der Waals surface area contributed by atoms with Gasteiger partial charge in [0.15, 0.2) is 0 Å². The highest BCUT2D eigenvalue weighted by molar-refractivity contribution is 5.94. The van der Waals surface area contributed by atoms with Crippen molar-refractivity contribution in [3.8, 4) is 11.8 Å². The summed E-state index contributed by atoms with van der Waals surface area (Å²) < 4.78 is 5.60. The first-order valence-electron chi connectivity index (χ1n) is 9.04. The molecular weight excluding hydrogens is 340 g/mol. The summed E-state index contributed by atoms with van der Waals surface area (Å²) in [5, 5.41) is 12.8. The second kappa shape index (κ2) is 8.34. The van der Waals surface area contributed by atoms with E-state index >= 15 is 0 Å². The monoisotopic (exact) mass is 364 g/mol. The highest BCUT2D eigenvalue weighted by atomic mass is 16.5. The van der Waals surface area contributed by atoms with Gasteiger partial charge in [0.25, 0.3) is 5.91 Å². The van der Waals surface area contributed by atoms with Gasteiger partial charge < -0.3 is 15.2 Å². The molecule has 2 heterocycles. The Morgan fingerprint density at radius 1 is 1.30 bits per heavy atom. The summed E-state index contributed by atoms with van der Waals surface area (Å²) in [4.78, 5) is 16.7. The van der Waals surface area contributed by atoms with Crippen LogP contribution in [0.4, 0.5) is 0 Å². The molecule has 0 bridgehead atoms. The van der Waals surface area contributed by atoms with Crippen molar-refractivity contribution in [3.63, 3.8) is 0 Å². The molecule has 1 aliphatic heterocycles. The Hall–Kier alpha value is -2.68. The highest BCUT2D eigenvalue weighted by Gasteiger charge is 2.29. The Bertz CT molecular complexity index is 847. The van der Waals surface area contributed by atoms with Gasteiger partial charge in [0, 0.05) is 29.4 Å². The van der Waals surface area contributed by atoms with E-state index < -0.39 is 5.60 Å². The number of amides is 1. The maximum atomic E-state index is 12.7. The molecule has 0 saturated carbocycles. The van der Waals surface area contributed by atoms with E-state index in [2.05, 4.69) is 22.1 Å². The topological polar surface area (TPSA) is 71.5 Å². The number of carbonyl (C=O) groups excluding carboxylic acids is 1. The average molecular weight is 364 g/mol. The van der Waals surface area contributed by atoms with E-state index in [1.807, 2.05) is 18.2 Å². The van der Waals surface area contributed by atoms with E-state index in [4.69, 9.17) is 4.74 Å². The third-order valence-corrected chi connectivity index (χ3v) is 4.40. The molecule has 2 N–H and O–H groups in total. The van der Waals surface area contributed by atoms with Crippen molar-refractivity contribution in [3.05, 3.63) is 65.5 Å². The zero-order chi connectivity index (χ0) is 19.3. The SMILES string of the molecule is CC(C)(O)C#Cc1cccc(C(=O)N[C@@H]2COC[C@H]2Cc2ccncc2)c1. The molecule has 3 rings (SSSR count). The predicted octanol–water partition coefficient (Wildman–Crippen LogP) is 2.19. The molecule has 0 spiro atoms. The summed E-state index contributed by atoms with van der Waals surface area (Å²) in [6.07, 6.45) is 4.39. The number of aliphatic hydroxyl groups is 1. The lowest BCUT2D eigenvalue weighted by atomic mass is 9.95. The molecule has 0 unspecified atom stereocenters. The van der Waals surface area contributed by atoms with E-state index in [9.17, 15) is 9.90 Å². The van der Waals surface area contributed by atoms with Gasteiger partial charge in [-0.2, -0.15) is 0 Å². The van der Waals surface area contributed by atoms with Gasteiger partial charge in [-0.25, -0.2) is 0 Å². The van der Waals surface area contributed by atoms with Crippen LogP contribution < -0.4 is 5.32 Å². The zero-order valence-corrected chi connectivity index (χ0v) is 15.6. The number of rotatable bonds is 4. The second-order valence-electron chi connectivity index (χ2n) is 7.33. The van der Waals surface area contributed by atoms with Crippen molar-refractivity contribution in [1.82, 2.24) is 10.3 Å². The van der Waals surface area contributed by atoms with Gasteiger partial charge in [-0.3, -0.25) is 9.78 Å². The molecule has 1 aromatic heterocycles. The van der Waals surface area contributed by atoms with E-state index in [0.717, 1.165) is 6.42 Å². The maximum absolute atomic E-state index is 12.7. The van der Waals surface area contributed by atoms with Crippen LogP contribution in [-0.2, 0) is 11.2 Å². The van der Waals surface area contributed by atoms with Gasteiger partial charge in [-0.05, 0) is 56.2 Å². The van der Waals surface area contributed by atoms with Gasteiger partial charge in [-0.1, -0.05) is 17.9 Å². The fraction of sp³-hybridized carbons (Fsp3) is 0.364. The van der Waals surface area contributed by atoms with Crippen LogP contribution in [0, 0.1) is 17.8 Å². The van der Waals surface area contributed by atoms with E-state index in [-0.39, 0.29) is 17.9 Å². The summed E-state index contributed by atoms with van der Waals surface area (Å²) >= 11 is 0. The number of hydrogen-bond acceptors (Lipinski definition) is 4. The molecule has 1 aromatic carbocycles. The number of hydrogen-bond donors (Lipinski definition) is 2. The molecule has 5 nitrogen and oxygen atoms in total. The van der Waals surface area contributed by atoms with E-state index in [1.54, 1.807) is 44.4 Å². The van der Waals surface area contributed by atoms with Gasteiger partial charge >= 0.3 is 0 Å². The van der Waals surface area contributed by atoms with Crippen LogP contribution in [0.2, 0.25) is 0 Å². The van der Waals surface area contributed by atoms with E-state index in [0.29, 0.717) is 24.3 Å². The fourth-order valence-corrected chi connectivity index (χ4v) is 3.00. The Morgan fingerprint density at radius 2 is 2.07 bits per heavy atom. The quantitative estimate of drug-likeness (QED) is 0.816. The van der Waals surface area contributed by atoms with Gasteiger partial charge in [0.05, 0.1) is 19.3 Å². The first-order chi connectivity index (χ1) is 12.9.